The van der Waals surface area contributed by atoms with E-state index < -0.39 is 17.9 Å². The largest absolute Gasteiger partial charge is 0.478 e. The summed E-state index contributed by atoms with van der Waals surface area (Å²) in [6.45, 7) is 1.60. The van der Waals surface area contributed by atoms with E-state index in [2.05, 4.69) is 10.1 Å². The predicted molar refractivity (Wildman–Crippen MR) is 56.0 cm³/mol. The number of carboxylic acids is 1. The molecule has 8 heteroatoms. The van der Waals surface area contributed by atoms with E-state index in [4.69, 9.17) is 16.4 Å². The molecule has 1 atom stereocenters. The number of rotatable bonds is 7. The summed E-state index contributed by atoms with van der Waals surface area (Å²) in [6.07, 6.45) is 1.43. The number of azide groups is 1. The minimum absolute atomic E-state index is 0.213. The highest BCUT2D eigenvalue weighted by atomic mass is 16.4. The van der Waals surface area contributed by atoms with Crippen molar-refractivity contribution in [3.8, 4) is 0 Å². The molecule has 8 nitrogen and oxygen atoms in total. The summed E-state index contributed by atoms with van der Waals surface area (Å²) >= 11 is 0. The summed E-state index contributed by atoms with van der Waals surface area (Å²) in [6, 6.07) is -1.13. The van der Waals surface area contributed by atoms with E-state index in [1.54, 1.807) is 0 Å². The first-order chi connectivity index (χ1) is 7.54. The maximum absolute atomic E-state index is 11.1. The van der Waals surface area contributed by atoms with Crippen molar-refractivity contribution >= 4 is 11.9 Å². The highest BCUT2D eigenvalue weighted by Crippen LogP contribution is 2.10. The molecule has 0 aliphatic heterocycles. The van der Waals surface area contributed by atoms with E-state index in [1.165, 1.54) is 0 Å². The van der Waals surface area contributed by atoms with Gasteiger partial charge in [-0.25, -0.2) is 9.59 Å². The molecule has 0 saturated carbocycles. The number of carboxylic acid groups (broad SMARTS) is 1. The number of hydrogen-bond donors (Lipinski definition) is 2. The van der Waals surface area contributed by atoms with Gasteiger partial charge < -0.3 is 10.8 Å². The molecule has 16 heavy (non-hydrogen) atoms. The molecule has 0 fully saturated rings. The molecule has 90 valence electrons. The van der Waals surface area contributed by atoms with Crippen molar-refractivity contribution in [3.63, 3.8) is 0 Å². The Balaban J connectivity index is 4.64. The van der Waals surface area contributed by atoms with Crippen molar-refractivity contribution in [2.45, 2.75) is 32.2 Å². The van der Waals surface area contributed by atoms with Crippen molar-refractivity contribution in [3.05, 3.63) is 10.4 Å². The lowest BCUT2D eigenvalue weighted by atomic mass is 10.1. The van der Waals surface area contributed by atoms with Gasteiger partial charge in [-0.05, 0) is 31.0 Å². The molecule has 0 unspecified atom stereocenters. The SMILES string of the molecule is CC(=O)N(N=[N+]=[N-])[C@@H](CCCCN)C(=O)O. The van der Waals surface area contributed by atoms with Gasteiger partial charge in [0.1, 0.15) is 0 Å². The highest BCUT2D eigenvalue weighted by molar-refractivity contribution is 5.81. The van der Waals surface area contributed by atoms with E-state index in [0.29, 0.717) is 24.4 Å². The predicted octanol–water partition coefficient (Wildman–Crippen LogP) is 0.642. The first-order valence-electron chi connectivity index (χ1n) is 4.82. The topological polar surface area (TPSA) is 132 Å². The monoisotopic (exact) mass is 229 g/mol. The lowest BCUT2D eigenvalue weighted by Gasteiger charge is -2.17. The van der Waals surface area contributed by atoms with Crippen LogP contribution < -0.4 is 5.73 Å². The first kappa shape index (κ1) is 14.2. The second-order valence-electron chi connectivity index (χ2n) is 3.18. The maximum Gasteiger partial charge on any atom is 0.349 e. The van der Waals surface area contributed by atoms with Gasteiger partial charge in [0, 0.05) is 6.92 Å². The Morgan fingerprint density at radius 3 is 2.56 bits per heavy atom. The van der Waals surface area contributed by atoms with E-state index in [0.717, 1.165) is 6.92 Å². The molecular formula is C8H15N5O3. The Kier molecular flexibility index (Phi) is 6.66. The lowest BCUT2D eigenvalue weighted by molar-refractivity contribution is -0.150. The van der Waals surface area contributed by atoms with Gasteiger partial charge >= 0.3 is 11.9 Å². The summed E-state index contributed by atoms with van der Waals surface area (Å²) in [7, 11) is 0. The normalized spacial score (nSPS) is 11.4. The van der Waals surface area contributed by atoms with Gasteiger partial charge in [0.05, 0.1) is 0 Å². The van der Waals surface area contributed by atoms with Crippen LogP contribution in [0.4, 0.5) is 0 Å². The Morgan fingerprint density at radius 1 is 1.56 bits per heavy atom. The summed E-state index contributed by atoms with van der Waals surface area (Å²) < 4.78 is 0. The third kappa shape index (κ3) is 4.63. The molecule has 0 aliphatic carbocycles. The van der Waals surface area contributed by atoms with E-state index >= 15 is 0 Å². The zero-order valence-corrected chi connectivity index (χ0v) is 9.04. The van der Waals surface area contributed by atoms with Crippen molar-refractivity contribution in [1.82, 2.24) is 5.01 Å². The van der Waals surface area contributed by atoms with Crippen LogP contribution in [0.2, 0.25) is 0 Å². The van der Waals surface area contributed by atoms with Gasteiger partial charge in [0.15, 0.2) is 0 Å². The van der Waals surface area contributed by atoms with Crippen LogP contribution in [0.15, 0.2) is 5.22 Å². The third-order valence-electron chi connectivity index (χ3n) is 1.97. The average molecular weight is 229 g/mol. The maximum atomic E-state index is 11.1. The van der Waals surface area contributed by atoms with Gasteiger partial charge in [-0.2, -0.15) is 9.92 Å². The summed E-state index contributed by atoms with van der Waals surface area (Å²) in [5, 5.41) is 12.6. The van der Waals surface area contributed by atoms with E-state index in [9.17, 15) is 9.59 Å². The Labute approximate surface area is 92.6 Å². The van der Waals surface area contributed by atoms with Gasteiger partial charge in [-0.15, -0.1) is 5.53 Å². The van der Waals surface area contributed by atoms with Gasteiger partial charge in [-0.3, -0.25) is 0 Å². The molecule has 0 aromatic carbocycles. The fourth-order valence-corrected chi connectivity index (χ4v) is 1.22. The van der Waals surface area contributed by atoms with Crippen LogP contribution in [0.5, 0.6) is 0 Å². The molecule has 0 aromatic heterocycles. The zero-order valence-electron chi connectivity index (χ0n) is 9.04. The van der Waals surface area contributed by atoms with Gasteiger partial charge in [0.2, 0.25) is 6.04 Å². The number of unbranched alkanes of at least 4 members (excludes halogenated alkanes) is 1. The number of aliphatic carboxylic acids is 1. The van der Waals surface area contributed by atoms with E-state index in [-0.39, 0.29) is 6.42 Å². The van der Waals surface area contributed by atoms with Crippen molar-refractivity contribution < 1.29 is 14.7 Å². The number of nitrogens with zero attached hydrogens (tertiary/aromatic N) is 4. The minimum Gasteiger partial charge on any atom is -0.478 e. The molecule has 0 aliphatic rings. The van der Waals surface area contributed by atoms with Crippen LogP contribution in [0, 0.1) is 0 Å². The molecule has 0 rings (SSSR count). The van der Waals surface area contributed by atoms with E-state index in [1.807, 2.05) is 0 Å². The van der Waals surface area contributed by atoms with Crippen LogP contribution >= 0.6 is 0 Å². The summed E-state index contributed by atoms with van der Waals surface area (Å²) in [5.41, 5.74) is 13.5. The average Bonchev–Trinajstić information content (AvgIpc) is 2.21. The fraction of sp³-hybridized carbons (Fsp3) is 0.750. The smallest absolute Gasteiger partial charge is 0.349 e. The summed E-state index contributed by atoms with van der Waals surface area (Å²) in [5.74, 6) is -1.79. The second-order valence-corrected chi connectivity index (χ2v) is 3.18. The van der Waals surface area contributed by atoms with Crippen LogP contribution in [-0.2, 0) is 9.59 Å². The quantitative estimate of drug-likeness (QED) is 0.218. The molecule has 1 amide bonds. The molecule has 3 N–H and O–H groups in total. The van der Waals surface area contributed by atoms with Gasteiger partial charge in [-0.1, -0.05) is 0 Å². The fourth-order valence-electron chi connectivity index (χ4n) is 1.22. The second kappa shape index (κ2) is 7.49. The molecule has 0 radical (unpaired) electrons. The molecule has 0 bridgehead atoms. The van der Waals surface area contributed by atoms with Crippen LogP contribution in [0.3, 0.4) is 0 Å². The minimum atomic E-state index is -1.19. The zero-order chi connectivity index (χ0) is 12.6. The van der Waals surface area contributed by atoms with Crippen molar-refractivity contribution in [2.75, 3.05) is 6.54 Å². The molecule has 0 aromatic rings. The Morgan fingerprint density at radius 2 is 2.19 bits per heavy atom. The van der Waals surface area contributed by atoms with Crippen LogP contribution in [-0.4, -0.2) is 34.6 Å². The van der Waals surface area contributed by atoms with Crippen molar-refractivity contribution in [2.24, 2.45) is 11.0 Å². The van der Waals surface area contributed by atoms with Crippen LogP contribution in [0.25, 0.3) is 10.4 Å². The summed E-state index contributed by atoms with van der Waals surface area (Å²) in [4.78, 5) is 24.4. The molecular weight excluding hydrogens is 214 g/mol. The number of carbonyl (C=O) groups is 2. The molecule has 0 spiro atoms. The number of carbonyl (C=O) groups excluding carboxylic acids is 1. The molecule has 0 saturated heterocycles. The van der Waals surface area contributed by atoms with Crippen LogP contribution in [0.1, 0.15) is 26.2 Å². The third-order valence-corrected chi connectivity index (χ3v) is 1.97. The number of hydrogen-bond acceptors (Lipinski definition) is 4. The van der Waals surface area contributed by atoms with Gasteiger partial charge in [0.25, 0.3) is 0 Å². The lowest BCUT2D eigenvalue weighted by Crippen LogP contribution is -2.40. The first-order valence-corrected chi connectivity index (χ1v) is 4.82. The molecule has 0 heterocycles. The number of nitrogens with two attached hydrogens (primary N) is 1. The Hall–Kier alpha value is -1.79. The van der Waals surface area contributed by atoms with Crippen molar-refractivity contribution in [1.29, 1.82) is 0 Å². The highest BCUT2D eigenvalue weighted by Gasteiger charge is 2.30. The standard InChI is InChI=1S/C8H15N5O3/c1-6(14)13(12-11-10)7(8(15)16)4-2-3-5-9/h7H,2-5,9H2,1H3,(H,15,16)/t7-/m0/s1. The number of amides is 1. The Bertz CT molecular complexity index is 298.